The van der Waals surface area contributed by atoms with E-state index in [2.05, 4.69) is 19.1 Å². The molecule has 1 fully saturated rings. The second kappa shape index (κ2) is 15.6. The third kappa shape index (κ3) is 10.0. The van der Waals surface area contributed by atoms with Gasteiger partial charge in [-0.15, -0.1) is 0 Å². The number of unbranched alkanes of at least 4 members (excludes halogenated alkanes) is 9. The van der Waals surface area contributed by atoms with Gasteiger partial charge in [0.2, 0.25) is 0 Å². The molecule has 0 saturated carbocycles. The highest BCUT2D eigenvalue weighted by molar-refractivity contribution is 4.89. The lowest BCUT2D eigenvalue weighted by Gasteiger charge is -2.23. The molecule has 5 nitrogen and oxygen atoms in total. The van der Waals surface area contributed by atoms with Crippen molar-refractivity contribution in [1.82, 2.24) is 0 Å². The van der Waals surface area contributed by atoms with Crippen LogP contribution in [0.15, 0.2) is 12.2 Å². The van der Waals surface area contributed by atoms with Gasteiger partial charge in [0.15, 0.2) is 0 Å². The fraction of sp³-hybridized carbons (Fsp3) is 0.905. The Kier molecular flexibility index (Phi) is 14.1. The molecule has 0 radical (unpaired) electrons. The Labute approximate surface area is 159 Å². The van der Waals surface area contributed by atoms with E-state index in [9.17, 15) is 10.2 Å². The first-order chi connectivity index (χ1) is 12.7. The molecule has 4 atom stereocenters. The first kappa shape index (κ1) is 23.6. The molecule has 1 aliphatic heterocycles. The zero-order valence-electron chi connectivity index (χ0n) is 16.5. The van der Waals surface area contributed by atoms with Gasteiger partial charge in [-0.2, -0.15) is 0 Å². The summed E-state index contributed by atoms with van der Waals surface area (Å²) in [7, 11) is 0. The Morgan fingerprint density at radius 1 is 1.00 bits per heavy atom. The van der Waals surface area contributed by atoms with E-state index in [-0.39, 0.29) is 13.2 Å². The molecule has 0 aromatic rings. The van der Waals surface area contributed by atoms with E-state index in [0.29, 0.717) is 6.61 Å². The van der Waals surface area contributed by atoms with Gasteiger partial charge in [-0.1, -0.05) is 64.0 Å². The van der Waals surface area contributed by atoms with Crippen molar-refractivity contribution in [3.05, 3.63) is 12.2 Å². The summed E-state index contributed by atoms with van der Waals surface area (Å²) in [6.07, 6.45) is 15.2. The van der Waals surface area contributed by atoms with Crippen LogP contribution in [0.4, 0.5) is 0 Å². The van der Waals surface area contributed by atoms with Crippen LogP contribution in [0.5, 0.6) is 0 Å². The van der Waals surface area contributed by atoms with Crippen LogP contribution >= 0.6 is 0 Å². The van der Waals surface area contributed by atoms with Crippen molar-refractivity contribution in [2.45, 2.75) is 102 Å². The summed E-state index contributed by atoms with van der Waals surface area (Å²) in [6.45, 7) is 2.51. The first-order valence-corrected chi connectivity index (χ1v) is 10.6. The average Bonchev–Trinajstić information content (AvgIpc) is 3.02. The number of rotatable bonds is 16. The molecule has 0 aromatic carbocycles. The molecule has 0 aliphatic carbocycles. The van der Waals surface area contributed by atoms with Crippen molar-refractivity contribution in [2.24, 2.45) is 0 Å². The molecule has 0 unspecified atom stereocenters. The van der Waals surface area contributed by atoms with Crippen LogP contribution in [0.3, 0.4) is 0 Å². The fourth-order valence-electron chi connectivity index (χ4n) is 3.36. The summed E-state index contributed by atoms with van der Waals surface area (Å²) in [5, 5.41) is 28.6. The predicted molar refractivity (Wildman–Crippen MR) is 104 cm³/mol. The van der Waals surface area contributed by atoms with Gasteiger partial charge in [0.05, 0.1) is 13.2 Å². The third-order valence-electron chi connectivity index (χ3n) is 4.96. The summed E-state index contributed by atoms with van der Waals surface area (Å²) in [6, 6.07) is 0. The molecule has 154 valence electrons. The second-order valence-electron chi connectivity index (χ2n) is 7.30. The SMILES string of the molecule is CC/C=C/CCCCCCCCCCCO[C@@H]1[C@H]([C@H](O)CO)OC[C@@H]1O. The molecule has 3 N–H and O–H groups in total. The quantitative estimate of drug-likeness (QED) is 0.286. The molecular weight excluding hydrogens is 332 g/mol. The van der Waals surface area contributed by atoms with Gasteiger partial charge in [0, 0.05) is 6.61 Å². The van der Waals surface area contributed by atoms with Crippen molar-refractivity contribution in [2.75, 3.05) is 19.8 Å². The zero-order chi connectivity index (χ0) is 19.0. The monoisotopic (exact) mass is 372 g/mol. The first-order valence-electron chi connectivity index (χ1n) is 10.6. The van der Waals surface area contributed by atoms with E-state index in [0.717, 1.165) is 19.3 Å². The van der Waals surface area contributed by atoms with E-state index in [1.54, 1.807) is 0 Å². The topological polar surface area (TPSA) is 79.2 Å². The summed E-state index contributed by atoms with van der Waals surface area (Å²) >= 11 is 0. The Morgan fingerprint density at radius 3 is 2.23 bits per heavy atom. The van der Waals surface area contributed by atoms with E-state index in [1.165, 1.54) is 51.4 Å². The van der Waals surface area contributed by atoms with Crippen LogP contribution in [0, 0.1) is 0 Å². The highest BCUT2D eigenvalue weighted by Crippen LogP contribution is 2.21. The van der Waals surface area contributed by atoms with E-state index in [1.807, 2.05) is 0 Å². The molecule has 26 heavy (non-hydrogen) atoms. The number of ether oxygens (including phenoxy) is 2. The van der Waals surface area contributed by atoms with Crippen LogP contribution < -0.4 is 0 Å². The maximum Gasteiger partial charge on any atom is 0.114 e. The lowest BCUT2D eigenvalue weighted by molar-refractivity contribution is -0.0938. The smallest absolute Gasteiger partial charge is 0.114 e. The third-order valence-corrected chi connectivity index (χ3v) is 4.96. The molecule has 1 saturated heterocycles. The molecule has 0 spiro atoms. The average molecular weight is 373 g/mol. The molecular formula is C21H40O5. The van der Waals surface area contributed by atoms with Crippen LogP contribution in [0.25, 0.3) is 0 Å². The Hall–Kier alpha value is -0.460. The van der Waals surface area contributed by atoms with Crippen LogP contribution in [0.1, 0.15) is 77.6 Å². The number of allylic oxidation sites excluding steroid dienone is 2. The highest BCUT2D eigenvalue weighted by atomic mass is 16.6. The minimum atomic E-state index is -1.00. The van der Waals surface area contributed by atoms with Gasteiger partial charge in [-0.05, 0) is 25.7 Å². The summed E-state index contributed by atoms with van der Waals surface area (Å²) in [4.78, 5) is 0. The zero-order valence-corrected chi connectivity index (χ0v) is 16.5. The standard InChI is InChI=1S/C21H40O5/c1-2-3-4-5-6-7-8-9-10-11-12-13-14-15-25-21-19(24)17-26-20(21)18(23)16-22/h3-4,18-24H,2,5-17H2,1H3/b4-3+/t18-,19+,20+,21+/m1/s1. The van der Waals surface area contributed by atoms with Crippen LogP contribution in [-0.2, 0) is 9.47 Å². The van der Waals surface area contributed by atoms with Gasteiger partial charge in [0.25, 0.3) is 0 Å². The minimum absolute atomic E-state index is 0.154. The Bertz CT molecular complexity index is 347. The van der Waals surface area contributed by atoms with Crippen molar-refractivity contribution >= 4 is 0 Å². The largest absolute Gasteiger partial charge is 0.394 e. The summed E-state index contributed by atoms with van der Waals surface area (Å²) < 4.78 is 11.0. The fourth-order valence-corrected chi connectivity index (χ4v) is 3.36. The van der Waals surface area contributed by atoms with Gasteiger partial charge >= 0.3 is 0 Å². The van der Waals surface area contributed by atoms with Gasteiger partial charge in [-0.25, -0.2) is 0 Å². The minimum Gasteiger partial charge on any atom is -0.394 e. The molecule has 5 heteroatoms. The molecule has 0 bridgehead atoms. The number of hydrogen-bond acceptors (Lipinski definition) is 5. The molecule has 1 heterocycles. The maximum atomic E-state index is 9.86. The van der Waals surface area contributed by atoms with Crippen LogP contribution in [-0.4, -0.2) is 59.6 Å². The Morgan fingerprint density at radius 2 is 1.62 bits per heavy atom. The molecule has 1 rings (SSSR count). The predicted octanol–water partition coefficient (Wildman–Crippen LogP) is 3.35. The molecule has 1 aliphatic rings. The molecule has 0 aromatic heterocycles. The number of hydrogen-bond donors (Lipinski definition) is 3. The van der Waals surface area contributed by atoms with Crippen LogP contribution in [0.2, 0.25) is 0 Å². The number of aliphatic hydroxyl groups excluding tert-OH is 3. The van der Waals surface area contributed by atoms with Gasteiger partial charge < -0.3 is 24.8 Å². The highest BCUT2D eigenvalue weighted by Gasteiger charge is 2.40. The van der Waals surface area contributed by atoms with Crippen molar-refractivity contribution in [3.63, 3.8) is 0 Å². The summed E-state index contributed by atoms with van der Waals surface area (Å²) in [5.74, 6) is 0. The maximum absolute atomic E-state index is 9.86. The lowest BCUT2D eigenvalue weighted by Crippen LogP contribution is -2.42. The van der Waals surface area contributed by atoms with Crippen molar-refractivity contribution in [1.29, 1.82) is 0 Å². The summed E-state index contributed by atoms with van der Waals surface area (Å²) in [5.41, 5.74) is 0. The van der Waals surface area contributed by atoms with E-state index >= 15 is 0 Å². The second-order valence-corrected chi connectivity index (χ2v) is 7.30. The lowest BCUT2D eigenvalue weighted by atomic mass is 10.1. The van der Waals surface area contributed by atoms with Gasteiger partial charge in [0.1, 0.15) is 24.4 Å². The van der Waals surface area contributed by atoms with Crippen molar-refractivity contribution < 1.29 is 24.8 Å². The van der Waals surface area contributed by atoms with Crippen molar-refractivity contribution in [3.8, 4) is 0 Å². The normalized spacial score (nSPS) is 24.5. The number of aliphatic hydroxyl groups is 3. The van der Waals surface area contributed by atoms with E-state index < -0.39 is 24.4 Å². The van der Waals surface area contributed by atoms with E-state index in [4.69, 9.17) is 14.6 Å². The molecule has 0 amide bonds. The Balaban J connectivity index is 1.91. The van der Waals surface area contributed by atoms with Gasteiger partial charge in [-0.3, -0.25) is 0 Å².